The van der Waals surface area contributed by atoms with Crippen molar-refractivity contribution in [1.29, 1.82) is 5.26 Å². The molecule has 0 atom stereocenters. The molecule has 1 N–H and O–H groups in total. The summed E-state index contributed by atoms with van der Waals surface area (Å²) >= 11 is 0. The number of rotatable bonds is 3. The Labute approximate surface area is 163 Å². The number of para-hydroxylation sites is 1. The fourth-order valence-electron chi connectivity index (χ4n) is 4.59. The number of nitrogens with one attached hydrogen (secondary N) is 1. The Bertz CT molecular complexity index is 1160. The number of fused-ring (bicyclic) bond motifs is 2. The molecule has 6 nitrogen and oxygen atoms in total. The van der Waals surface area contributed by atoms with Crippen molar-refractivity contribution in [3.8, 4) is 17.3 Å². The van der Waals surface area contributed by atoms with E-state index in [1.54, 1.807) is 6.20 Å². The van der Waals surface area contributed by atoms with E-state index >= 15 is 0 Å². The molecule has 1 amide bonds. The van der Waals surface area contributed by atoms with Crippen molar-refractivity contribution in [2.24, 2.45) is 0 Å². The summed E-state index contributed by atoms with van der Waals surface area (Å²) in [6, 6.07) is 12.4. The van der Waals surface area contributed by atoms with Crippen molar-refractivity contribution in [3.63, 3.8) is 0 Å². The Morgan fingerprint density at radius 1 is 1.25 bits per heavy atom. The summed E-state index contributed by atoms with van der Waals surface area (Å²) in [5, 5.41) is 18.4. The lowest BCUT2D eigenvalue weighted by molar-refractivity contribution is -0.119. The van der Waals surface area contributed by atoms with E-state index in [2.05, 4.69) is 33.2 Å². The number of pyridine rings is 1. The normalized spacial score (nSPS) is 19.0. The third-order valence-corrected chi connectivity index (χ3v) is 6.36. The number of nitrogens with zero attached hydrogens (tertiary/aromatic N) is 4. The van der Waals surface area contributed by atoms with Gasteiger partial charge in [0, 0.05) is 22.7 Å². The monoisotopic (exact) mass is 371 g/mol. The molecule has 1 fully saturated rings. The summed E-state index contributed by atoms with van der Waals surface area (Å²) in [5.41, 5.74) is 2.79. The highest BCUT2D eigenvalue weighted by atomic mass is 16.2. The Morgan fingerprint density at radius 2 is 2.04 bits per heavy atom. The summed E-state index contributed by atoms with van der Waals surface area (Å²) < 4.78 is 2.06. The van der Waals surface area contributed by atoms with Crippen molar-refractivity contribution in [2.45, 2.75) is 50.5 Å². The summed E-state index contributed by atoms with van der Waals surface area (Å²) in [5.74, 6) is 0.563. The van der Waals surface area contributed by atoms with Crippen molar-refractivity contribution in [1.82, 2.24) is 14.8 Å². The predicted octanol–water partition coefficient (Wildman–Crippen LogP) is 4.12. The van der Waals surface area contributed by atoms with Gasteiger partial charge in [-0.3, -0.25) is 9.48 Å². The lowest BCUT2D eigenvalue weighted by Gasteiger charge is -2.40. The second-order valence-electron chi connectivity index (χ2n) is 8.35. The Morgan fingerprint density at radius 3 is 2.75 bits per heavy atom. The SMILES string of the molecule is CC1(C)C(=O)Nc2nccc(-c3nn(C4(CC#N)CCC4)c4ccccc34)c21. The number of benzene rings is 1. The Kier molecular flexibility index (Phi) is 3.42. The van der Waals surface area contributed by atoms with E-state index in [1.165, 1.54) is 0 Å². The van der Waals surface area contributed by atoms with Gasteiger partial charge in [-0.2, -0.15) is 10.4 Å². The average molecular weight is 371 g/mol. The lowest BCUT2D eigenvalue weighted by Crippen LogP contribution is -2.41. The molecule has 1 saturated carbocycles. The van der Waals surface area contributed by atoms with Gasteiger partial charge in [-0.1, -0.05) is 18.2 Å². The van der Waals surface area contributed by atoms with Crippen LogP contribution in [0.25, 0.3) is 22.2 Å². The number of anilines is 1. The van der Waals surface area contributed by atoms with Gasteiger partial charge in [0.15, 0.2) is 0 Å². The summed E-state index contributed by atoms with van der Waals surface area (Å²) in [6.07, 6.45) is 5.22. The first-order chi connectivity index (χ1) is 13.5. The second-order valence-corrected chi connectivity index (χ2v) is 8.35. The molecular formula is C22H21N5O. The highest BCUT2D eigenvalue weighted by Gasteiger charge is 2.44. The first-order valence-corrected chi connectivity index (χ1v) is 9.64. The topological polar surface area (TPSA) is 83.6 Å². The van der Waals surface area contributed by atoms with Crippen LogP contribution in [0.1, 0.15) is 45.1 Å². The number of carbonyl (C=O) groups is 1. The largest absolute Gasteiger partial charge is 0.310 e. The molecule has 0 spiro atoms. The predicted molar refractivity (Wildman–Crippen MR) is 107 cm³/mol. The standard InChI is InChI=1S/C22H21N5O/c1-21(2)17-15(8-13-24-19(17)25-20(21)28)18-14-6-3-4-7-16(14)27(26-18)22(11-12-23)9-5-10-22/h3-4,6-8,13H,5,9-11H2,1-2H3,(H,24,25,28). The first-order valence-electron chi connectivity index (χ1n) is 9.64. The highest BCUT2D eigenvalue weighted by Crippen LogP contribution is 2.47. The lowest BCUT2D eigenvalue weighted by atomic mass is 9.74. The second kappa shape index (κ2) is 5.65. The van der Waals surface area contributed by atoms with Crippen LogP contribution in [0, 0.1) is 11.3 Å². The Balaban J connectivity index is 1.79. The zero-order valence-electron chi connectivity index (χ0n) is 16.0. The number of carbonyl (C=O) groups excluding carboxylic acids is 1. The zero-order valence-corrected chi connectivity index (χ0v) is 16.0. The molecule has 1 aliphatic heterocycles. The van der Waals surface area contributed by atoms with Crippen molar-refractivity contribution in [3.05, 3.63) is 42.1 Å². The molecule has 1 aliphatic carbocycles. The van der Waals surface area contributed by atoms with E-state index in [1.807, 2.05) is 32.0 Å². The van der Waals surface area contributed by atoms with Crippen molar-refractivity contribution < 1.29 is 4.79 Å². The van der Waals surface area contributed by atoms with Gasteiger partial charge in [0.2, 0.25) is 5.91 Å². The molecule has 5 rings (SSSR count). The van der Waals surface area contributed by atoms with E-state index in [9.17, 15) is 10.1 Å². The third kappa shape index (κ3) is 2.10. The number of hydrogen-bond acceptors (Lipinski definition) is 4. The molecule has 2 aromatic heterocycles. The van der Waals surface area contributed by atoms with Crippen molar-refractivity contribution >= 4 is 22.6 Å². The molecule has 2 aliphatic rings. The quantitative estimate of drug-likeness (QED) is 0.750. The summed E-state index contributed by atoms with van der Waals surface area (Å²) in [7, 11) is 0. The fraction of sp³-hybridized carbons (Fsp3) is 0.364. The number of aromatic nitrogens is 3. The molecule has 0 unspecified atom stereocenters. The van der Waals surface area contributed by atoms with E-state index in [0.29, 0.717) is 12.2 Å². The van der Waals surface area contributed by atoms with Gasteiger partial charge >= 0.3 is 0 Å². The van der Waals surface area contributed by atoms with Crippen LogP contribution in [0.4, 0.5) is 5.82 Å². The number of amides is 1. The Hall–Kier alpha value is -3.20. The molecule has 0 radical (unpaired) electrons. The van der Waals surface area contributed by atoms with Crippen LogP contribution in [0.2, 0.25) is 0 Å². The van der Waals surface area contributed by atoms with Gasteiger partial charge in [0.05, 0.1) is 29.0 Å². The molecule has 6 heteroatoms. The number of nitriles is 1. The van der Waals surface area contributed by atoms with E-state index in [4.69, 9.17) is 5.10 Å². The highest BCUT2D eigenvalue weighted by molar-refractivity contribution is 6.08. The minimum atomic E-state index is -0.676. The van der Waals surface area contributed by atoms with Crippen LogP contribution in [0.5, 0.6) is 0 Å². The van der Waals surface area contributed by atoms with Crippen LogP contribution in [0.15, 0.2) is 36.5 Å². The molecule has 1 aromatic carbocycles. The third-order valence-electron chi connectivity index (χ3n) is 6.36. The van der Waals surface area contributed by atoms with E-state index in [0.717, 1.165) is 47.0 Å². The summed E-state index contributed by atoms with van der Waals surface area (Å²) in [4.78, 5) is 16.9. The van der Waals surface area contributed by atoms with Crippen LogP contribution < -0.4 is 5.32 Å². The van der Waals surface area contributed by atoms with E-state index < -0.39 is 5.41 Å². The maximum atomic E-state index is 12.5. The molecule has 28 heavy (non-hydrogen) atoms. The summed E-state index contributed by atoms with van der Waals surface area (Å²) in [6.45, 7) is 3.84. The van der Waals surface area contributed by atoms with Gasteiger partial charge in [-0.05, 0) is 45.2 Å². The first kappa shape index (κ1) is 16.9. The fourth-order valence-corrected chi connectivity index (χ4v) is 4.59. The smallest absolute Gasteiger partial charge is 0.235 e. The van der Waals surface area contributed by atoms with Crippen LogP contribution >= 0.6 is 0 Å². The van der Waals surface area contributed by atoms with Gasteiger partial charge in [0.1, 0.15) is 11.5 Å². The molecule has 140 valence electrons. The molecule has 0 bridgehead atoms. The van der Waals surface area contributed by atoms with Crippen LogP contribution in [-0.4, -0.2) is 20.7 Å². The maximum absolute atomic E-state index is 12.5. The maximum Gasteiger partial charge on any atom is 0.235 e. The van der Waals surface area contributed by atoms with Crippen LogP contribution in [-0.2, 0) is 15.7 Å². The van der Waals surface area contributed by atoms with Gasteiger partial charge in [0.25, 0.3) is 0 Å². The average Bonchev–Trinajstić information content (AvgIpc) is 3.14. The minimum absolute atomic E-state index is 0.0499. The molecule has 3 heterocycles. The van der Waals surface area contributed by atoms with E-state index in [-0.39, 0.29) is 11.4 Å². The zero-order chi connectivity index (χ0) is 19.5. The van der Waals surface area contributed by atoms with Gasteiger partial charge in [-0.25, -0.2) is 4.98 Å². The molecule has 3 aromatic rings. The van der Waals surface area contributed by atoms with Crippen molar-refractivity contribution in [2.75, 3.05) is 5.32 Å². The van der Waals surface area contributed by atoms with Gasteiger partial charge < -0.3 is 5.32 Å². The van der Waals surface area contributed by atoms with Crippen LogP contribution in [0.3, 0.4) is 0 Å². The minimum Gasteiger partial charge on any atom is -0.310 e. The molecular weight excluding hydrogens is 350 g/mol. The molecule has 0 saturated heterocycles. The number of hydrogen-bond donors (Lipinski definition) is 1. The van der Waals surface area contributed by atoms with Gasteiger partial charge in [-0.15, -0.1) is 0 Å².